The molecule has 0 aliphatic carbocycles. The van der Waals surface area contributed by atoms with Gasteiger partial charge in [0.15, 0.2) is 5.96 Å². The highest BCUT2D eigenvalue weighted by Gasteiger charge is 2.26. The number of aliphatic imine (C=N–C) groups is 1. The van der Waals surface area contributed by atoms with Crippen LogP contribution in [0.1, 0.15) is 33.1 Å². The van der Waals surface area contributed by atoms with Crippen LogP contribution in [-0.2, 0) is 4.74 Å². The van der Waals surface area contributed by atoms with Gasteiger partial charge in [-0.1, -0.05) is 26.7 Å². The zero-order chi connectivity index (χ0) is 16.9. The number of guanidine groups is 1. The van der Waals surface area contributed by atoms with Gasteiger partial charge in [-0.15, -0.1) is 0 Å². The van der Waals surface area contributed by atoms with Crippen LogP contribution in [0.5, 0.6) is 0 Å². The lowest BCUT2D eigenvalue weighted by atomic mass is 9.92. The van der Waals surface area contributed by atoms with Gasteiger partial charge >= 0.3 is 0 Å². The molecule has 0 saturated carbocycles. The zero-order valence-electron chi connectivity index (χ0n) is 15.4. The minimum atomic E-state index is 0.554. The van der Waals surface area contributed by atoms with Crippen LogP contribution in [0.25, 0.3) is 0 Å². The molecular formula is C17H36N4OS. The molecule has 0 bridgehead atoms. The van der Waals surface area contributed by atoms with E-state index in [1.54, 1.807) is 0 Å². The van der Waals surface area contributed by atoms with Gasteiger partial charge in [-0.2, -0.15) is 11.8 Å². The van der Waals surface area contributed by atoms with Crippen molar-refractivity contribution in [3.05, 3.63) is 0 Å². The van der Waals surface area contributed by atoms with E-state index in [0.717, 1.165) is 51.3 Å². The van der Waals surface area contributed by atoms with Crippen molar-refractivity contribution in [2.75, 3.05) is 58.4 Å². The lowest BCUT2D eigenvalue weighted by molar-refractivity contribution is 0.00272. The summed E-state index contributed by atoms with van der Waals surface area (Å²) in [6.45, 7) is 10.3. The first-order valence-corrected chi connectivity index (χ1v) is 10.4. The first-order valence-electron chi connectivity index (χ1n) is 9.02. The van der Waals surface area contributed by atoms with Crippen molar-refractivity contribution >= 4 is 17.7 Å². The third-order valence-electron chi connectivity index (χ3n) is 4.63. The van der Waals surface area contributed by atoms with Gasteiger partial charge in [0.2, 0.25) is 0 Å². The summed E-state index contributed by atoms with van der Waals surface area (Å²) in [5, 5.41) is 6.96. The Morgan fingerprint density at radius 3 is 2.48 bits per heavy atom. The molecule has 136 valence electrons. The van der Waals surface area contributed by atoms with E-state index >= 15 is 0 Å². The van der Waals surface area contributed by atoms with Crippen LogP contribution in [0, 0.1) is 5.92 Å². The van der Waals surface area contributed by atoms with Crippen molar-refractivity contribution in [1.29, 1.82) is 0 Å². The Balaban J connectivity index is 2.50. The molecule has 1 aliphatic rings. The average Bonchev–Trinajstić information content (AvgIpc) is 2.61. The smallest absolute Gasteiger partial charge is 0.191 e. The van der Waals surface area contributed by atoms with Crippen molar-refractivity contribution in [1.82, 2.24) is 15.5 Å². The van der Waals surface area contributed by atoms with Crippen LogP contribution in [-0.4, -0.2) is 75.4 Å². The summed E-state index contributed by atoms with van der Waals surface area (Å²) in [6.07, 6.45) is 5.76. The van der Waals surface area contributed by atoms with Gasteiger partial charge in [0.05, 0.1) is 13.2 Å². The first kappa shape index (κ1) is 20.6. The van der Waals surface area contributed by atoms with Crippen molar-refractivity contribution < 1.29 is 4.74 Å². The van der Waals surface area contributed by atoms with Gasteiger partial charge in [-0.05, 0) is 24.3 Å². The minimum Gasteiger partial charge on any atom is -0.379 e. The molecule has 1 heterocycles. The Morgan fingerprint density at radius 2 is 1.91 bits per heavy atom. The molecular weight excluding hydrogens is 308 g/mol. The van der Waals surface area contributed by atoms with Crippen molar-refractivity contribution in [2.45, 2.75) is 39.2 Å². The second kappa shape index (κ2) is 12.9. The summed E-state index contributed by atoms with van der Waals surface area (Å²) in [6, 6.07) is 0.554. The Hall–Kier alpha value is -0.460. The van der Waals surface area contributed by atoms with Crippen molar-refractivity contribution in [3.63, 3.8) is 0 Å². The van der Waals surface area contributed by atoms with Gasteiger partial charge in [-0.25, -0.2) is 0 Å². The van der Waals surface area contributed by atoms with Crippen LogP contribution >= 0.6 is 11.8 Å². The summed E-state index contributed by atoms with van der Waals surface area (Å²) in [4.78, 5) is 6.95. The molecule has 23 heavy (non-hydrogen) atoms. The number of rotatable bonds is 10. The molecule has 2 N–H and O–H groups in total. The average molecular weight is 345 g/mol. The van der Waals surface area contributed by atoms with Crippen LogP contribution in [0.4, 0.5) is 0 Å². The first-order chi connectivity index (χ1) is 11.3. The number of nitrogens with one attached hydrogen (secondary N) is 2. The molecule has 1 unspecified atom stereocenters. The SMILES string of the molecule is CCC(CC)C(CNC(=NC)NCCCSC)N1CCOCC1. The van der Waals surface area contributed by atoms with E-state index in [1.807, 2.05) is 18.8 Å². The van der Waals surface area contributed by atoms with Gasteiger partial charge in [0, 0.05) is 39.3 Å². The molecule has 0 spiro atoms. The fraction of sp³-hybridized carbons (Fsp3) is 0.941. The topological polar surface area (TPSA) is 48.9 Å². The second-order valence-corrected chi connectivity index (χ2v) is 7.00. The highest BCUT2D eigenvalue weighted by atomic mass is 32.2. The standard InChI is InChI=1S/C17H36N4OS/c1-5-15(6-2)16(21-9-11-22-12-10-21)14-20-17(18-3)19-8-7-13-23-4/h15-16H,5-14H2,1-4H3,(H2,18,19,20). The largest absolute Gasteiger partial charge is 0.379 e. The number of hydrogen-bond donors (Lipinski definition) is 2. The van der Waals surface area contributed by atoms with Crippen LogP contribution in [0.15, 0.2) is 4.99 Å². The minimum absolute atomic E-state index is 0.554. The summed E-state index contributed by atoms with van der Waals surface area (Å²) >= 11 is 1.89. The number of thioether (sulfide) groups is 1. The predicted octanol–water partition coefficient (Wildman–Crippen LogP) is 2.04. The molecule has 0 aromatic rings. The van der Waals surface area contributed by atoms with Crippen molar-refractivity contribution in [3.8, 4) is 0 Å². The predicted molar refractivity (Wildman–Crippen MR) is 103 cm³/mol. The summed E-state index contributed by atoms with van der Waals surface area (Å²) < 4.78 is 5.52. The molecule has 6 heteroatoms. The van der Waals surface area contributed by atoms with Gasteiger partial charge in [-0.3, -0.25) is 9.89 Å². The summed E-state index contributed by atoms with van der Waals surface area (Å²) in [5.41, 5.74) is 0. The molecule has 0 aromatic heterocycles. The maximum Gasteiger partial charge on any atom is 0.191 e. The van der Waals surface area contributed by atoms with Gasteiger partial charge < -0.3 is 15.4 Å². The fourth-order valence-electron chi connectivity index (χ4n) is 3.18. The maximum atomic E-state index is 5.52. The van der Waals surface area contributed by atoms with E-state index in [9.17, 15) is 0 Å². The second-order valence-electron chi connectivity index (χ2n) is 6.02. The third-order valence-corrected chi connectivity index (χ3v) is 5.32. The highest BCUT2D eigenvalue weighted by Crippen LogP contribution is 2.19. The van der Waals surface area contributed by atoms with Crippen molar-refractivity contribution in [2.24, 2.45) is 10.9 Å². The molecule has 1 saturated heterocycles. The summed E-state index contributed by atoms with van der Waals surface area (Å²) in [5.74, 6) is 2.83. The maximum absolute atomic E-state index is 5.52. The summed E-state index contributed by atoms with van der Waals surface area (Å²) in [7, 11) is 1.85. The number of morpholine rings is 1. The lowest BCUT2D eigenvalue weighted by Gasteiger charge is -2.39. The quantitative estimate of drug-likeness (QED) is 0.361. The van der Waals surface area contributed by atoms with Crippen LogP contribution in [0.3, 0.4) is 0 Å². The Bertz CT molecular complexity index is 318. The van der Waals surface area contributed by atoms with Gasteiger partial charge in [0.1, 0.15) is 0 Å². The Morgan fingerprint density at radius 1 is 1.22 bits per heavy atom. The number of hydrogen-bond acceptors (Lipinski definition) is 4. The lowest BCUT2D eigenvalue weighted by Crippen LogP contribution is -2.53. The molecule has 5 nitrogen and oxygen atoms in total. The Labute approximate surface area is 147 Å². The molecule has 1 aliphatic heterocycles. The monoisotopic (exact) mass is 344 g/mol. The number of nitrogens with zero attached hydrogens (tertiary/aromatic N) is 2. The van der Waals surface area contributed by atoms with E-state index in [4.69, 9.17) is 4.74 Å². The molecule has 0 aromatic carbocycles. The van der Waals surface area contributed by atoms with Crippen LogP contribution in [0.2, 0.25) is 0 Å². The van der Waals surface area contributed by atoms with E-state index in [1.165, 1.54) is 25.0 Å². The zero-order valence-corrected chi connectivity index (χ0v) is 16.3. The number of ether oxygens (including phenoxy) is 1. The fourth-order valence-corrected chi connectivity index (χ4v) is 3.61. The highest BCUT2D eigenvalue weighted by molar-refractivity contribution is 7.98. The van der Waals surface area contributed by atoms with E-state index in [0.29, 0.717) is 6.04 Å². The van der Waals surface area contributed by atoms with Gasteiger partial charge in [0.25, 0.3) is 0 Å². The van der Waals surface area contributed by atoms with Crippen LogP contribution < -0.4 is 10.6 Å². The Kier molecular flexibility index (Phi) is 11.5. The molecule has 0 amide bonds. The molecule has 1 rings (SSSR count). The molecule has 1 fully saturated rings. The van der Waals surface area contributed by atoms with E-state index < -0.39 is 0 Å². The third kappa shape index (κ3) is 7.77. The molecule has 0 radical (unpaired) electrons. The molecule has 1 atom stereocenters. The van der Waals surface area contributed by atoms with E-state index in [2.05, 4.69) is 40.6 Å². The normalized spacial score (nSPS) is 18.2. The van der Waals surface area contributed by atoms with E-state index in [-0.39, 0.29) is 0 Å².